The lowest BCUT2D eigenvalue weighted by molar-refractivity contribution is -0.156. The molecule has 0 aliphatic carbocycles. The van der Waals surface area contributed by atoms with Crippen LogP contribution in [-0.4, -0.2) is 35.9 Å². The molecule has 18 heavy (non-hydrogen) atoms. The van der Waals surface area contributed by atoms with Gasteiger partial charge in [0.1, 0.15) is 6.10 Å². The molecule has 0 aromatic carbocycles. The Morgan fingerprint density at radius 1 is 1.06 bits per heavy atom. The predicted octanol–water partition coefficient (Wildman–Crippen LogP) is 1.81. The zero-order valence-corrected chi connectivity index (χ0v) is 11.5. The second-order valence-electron chi connectivity index (χ2n) is 4.21. The van der Waals surface area contributed by atoms with E-state index in [1.54, 1.807) is 6.92 Å². The maximum absolute atomic E-state index is 11.4. The van der Waals surface area contributed by atoms with E-state index in [-0.39, 0.29) is 18.8 Å². The van der Waals surface area contributed by atoms with Crippen LogP contribution in [0.25, 0.3) is 0 Å². The largest absolute Gasteiger partial charge is 0.466 e. The van der Waals surface area contributed by atoms with Gasteiger partial charge in [-0.1, -0.05) is 20.8 Å². The van der Waals surface area contributed by atoms with E-state index in [4.69, 9.17) is 9.47 Å². The van der Waals surface area contributed by atoms with Crippen LogP contribution in [-0.2, 0) is 19.1 Å². The number of aliphatic hydroxyl groups is 1. The van der Waals surface area contributed by atoms with Gasteiger partial charge in [-0.2, -0.15) is 0 Å². The molecule has 0 aliphatic heterocycles. The van der Waals surface area contributed by atoms with Crippen LogP contribution in [0.3, 0.4) is 0 Å². The van der Waals surface area contributed by atoms with Crippen molar-refractivity contribution in [3.8, 4) is 0 Å². The molecule has 0 aliphatic rings. The molecular weight excluding hydrogens is 236 g/mol. The fourth-order valence-corrected chi connectivity index (χ4v) is 1.30. The zero-order chi connectivity index (χ0) is 14.0. The first-order valence-electron chi connectivity index (χ1n) is 6.56. The van der Waals surface area contributed by atoms with Crippen LogP contribution in [0.1, 0.15) is 52.9 Å². The van der Waals surface area contributed by atoms with E-state index in [9.17, 15) is 14.7 Å². The van der Waals surface area contributed by atoms with Gasteiger partial charge in [-0.3, -0.25) is 9.59 Å². The summed E-state index contributed by atoms with van der Waals surface area (Å²) >= 11 is 0. The van der Waals surface area contributed by atoms with Gasteiger partial charge in [0.05, 0.1) is 25.6 Å². The molecule has 0 aromatic rings. The van der Waals surface area contributed by atoms with Gasteiger partial charge in [-0.05, 0) is 19.3 Å². The van der Waals surface area contributed by atoms with Crippen LogP contribution >= 0.6 is 0 Å². The molecule has 0 aromatic heterocycles. The molecule has 106 valence electrons. The van der Waals surface area contributed by atoms with E-state index < -0.39 is 18.2 Å². The minimum atomic E-state index is -0.679. The predicted molar refractivity (Wildman–Crippen MR) is 67.0 cm³/mol. The highest BCUT2D eigenvalue weighted by Gasteiger charge is 2.19. The summed E-state index contributed by atoms with van der Waals surface area (Å²) in [5.74, 6) is -0.827. The molecule has 0 heterocycles. The minimum absolute atomic E-state index is 0.0307. The first-order valence-corrected chi connectivity index (χ1v) is 6.56. The smallest absolute Gasteiger partial charge is 0.309 e. The standard InChI is InChI=1S/C13H24O5/c1-4-7-17-12(15)9-11(6-3)18-13(16)8-10(14)5-2/h10-11,14H,4-9H2,1-3H3. The van der Waals surface area contributed by atoms with E-state index in [0.717, 1.165) is 6.42 Å². The summed E-state index contributed by atoms with van der Waals surface area (Å²) < 4.78 is 10.1. The number of rotatable bonds is 9. The third-order valence-corrected chi connectivity index (χ3v) is 2.49. The van der Waals surface area contributed by atoms with Crippen molar-refractivity contribution in [3.05, 3.63) is 0 Å². The van der Waals surface area contributed by atoms with Crippen LogP contribution in [0.5, 0.6) is 0 Å². The van der Waals surface area contributed by atoms with Crippen LogP contribution in [0, 0.1) is 0 Å². The van der Waals surface area contributed by atoms with Crippen LogP contribution in [0.2, 0.25) is 0 Å². The van der Waals surface area contributed by atoms with Crippen molar-refractivity contribution in [2.75, 3.05) is 6.61 Å². The minimum Gasteiger partial charge on any atom is -0.466 e. The van der Waals surface area contributed by atoms with Gasteiger partial charge in [0, 0.05) is 0 Å². The molecule has 0 rings (SSSR count). The molecule has 0 saturated heterocycles. The van der Waals surface area contributed by atoms with Gasteiger partial charge in [0.25, 0.3) is 0 Å². The van der Waals surface area contributed by atoms with Crippen LogP contribution in [0.15, 0.2) is 0 Å². The Morgan fingerprint density at radius 3 is 2.22 bits per heavy atom. The fourth-order valence-electron chi connectivity index (χ4n) is 1.30. The molecule has 0 amide bonds. The summed E-state index contributed by atoms with van der Waals surface area (Å²) in [5, 5.41) is 9.32. The van der Waals surface area contributed by atoms with E-state index in [1.165, 1.54) is 0 Å². The highest BCUT2D eigenvalue weighted by atomic mass is 16.6. The summed E-state index contributed by atoms with van der Waals surface area (Å²) in [7, 11) is 0. The Hall–Kier alpha value is -1.10. The van der Waals surface area contributed by atoms with Crippen molar-refractivity contribution in [3.63, 3.8) is 0 Å². The van der Waals surface area contributed by atoms with Crippen molar-refractivity contribution >= 4 is 11.9 Å². The summed E-state index contributed by atoms with van der Waals surface area (Å²) in [6.07, 6.45) is 0.722. The third-order valence-electron chi connectivity index (χ3n) is 2.49. The average molecular weight is 260 g/mol. The van der Waals surface area contributed by atoms with Gasteiger partial charge < -0.3 is 14.6 Å². The van der Waals surface area contributed by atoms with E-state index in [2.05, 4.69) is 0 Å². The molecule has 0 saturated carbocycles. The molecule has 5 heteroatoms. The number of ether oxygens (including phenoxy) is 2. The zero-order valence-electron chi connectivity index (χ0n) is 11.5. The highest BCUT2D eigenvalue weighted by Crippen LogP contribution is 2.08. The van der Waals surface area contributed by atoms with Gasteiger partial charge in [0.2, 0.25) is 0 Å². The number of esters is 2. The Kier molecular flexibility index (Phi) is 9.28. The summed E-state index contributed by atoms with van der Waals surface area (Å²) in [6.45, 7) is 5.92. The Labute approximate surface area is 108 Å². The van der Waals surface area contributed by atoms with Gasteiger partial charge in [0.15, 0.2) is 0 Å². The van der Waals surface area contributed by atoms with Crippen molar-refractivity contribution in [1.29, 1.82) is 0 Å². The van der Waals surface area contributed by atoms with E-state index in [1.807, 2.05) is 13.8 Å². The molecule has 0 radical (unpaired) electrons. The Bertz CT molecular complexity index is 252. The number of hydrogen-bond acceptors (Lipinski definition) is 5. The van der Waals surface area contributed by atoms with E-state index >= 15 is 0 Å². The summed E-state index contributed by atoms with van der Waals surface area (Å²) in [5.41, 5.74) is 0. The second-order valence-corrected chi connectivity index (χ2v) is 4.21. The molecular formula is C13H24O5. The molecule has 1 N–H and O–H groups in total. The first kappa shape index (κ1) is 16.9. The monoisotopic (exact) mass is 260 g/mol. The van der Waals surface area contributed by atoms with Gasteiger partial charge in [-0.15, -0.1) is 0 Å². The maximum atomic E-state index is 11.4. The van der Waals surface area contributed by atoms with Crippen molar-refractivity contribution in [2.45, 2.75) is 65.1 Å². The fraction of sp³-hybridized carbons (Fsp3) is 0.846. The molecule has 0 bridgehead atoms. The van der Waals surface area contributed by atoms with Crippen molar-refractivity contribution in [2.24, 2.45) is 0 Å². The van der Waals surface area contributed by atoms with Gasteiger partial charge in [-0.25, -0.2) is 0 Å². The SMILES string of the molecule is CCCOC(=O)CC(CC)OC(=O)CC(O)CC. The Morgan fingerprint density at radius 2 is 1.72 bits per heavy atom. The molecule has 2 unspecified atom stereocenters. The number of carbonyl (C=O) groups is 2. The maximum Gasteiger partial charge on any atom is 0.309 e. The van der Waals surface area contributed by atoms with E-state index in [0.29, 0.717) is 19.4 Å². The van der Waals surface area contributed by atoms with Crippen molar-refractivity contribution < 1.29 is 24.2 Å². The molecule has 2 atom stereocenters. The Balaban J connectivity index is 4.02. The molecule has 0 fully saturated rings. The summed E-state index contributed by atoms with van der Waals surface area (Å²) in [6, 6.07) is 0. The normalized spacial score (nSPS) is 13.8. The molecule has 5 nitrogen and oxygen atoms in total. The first-order chi connectivity index (χ1) is 8.53. The summed E-state index contributed by atoms with van der Waals surface area (Å²) in [4.78, 5) is 22.8. The number of carbonyl (C=O) groups excluding carboxylic acids is 2. The lowest BCUT2D eigenvalue weighted by Crippen LogP contribution is -2.24. The number of aliphatic hydroxyl groups excluding tert-OH is 1. The van der Waals surface area contributed by atoms with Crippen LogP contribution in [0.4, 0.5) is 0 Å². The number of hydrogen-bond donors (Lipinski definition) is 1. The van der Waals surface area contributed by atoms with Crippen LogP contribution < -0.4 is 0 Å². The third kappa shape index (κ3) is 8.06. The second kappa shape index (κ2) is 9.88. The highest BCUT2D eigenvalue weighted by molar-refractivity contribution is 5.72. The van der Waals surface area contributed by atoms with Gasteiger partial charge >= 0.3 is 11.9 Å². The molecule has 0 spiro atoms. The lowest BCUT2D eigenvalue weighted by Gasteiger charge is -2.16. The lowest BCUT2D eigenvalue weighted by atomic mass is 10.2. The topological polar surface area (TPSA) is 72.8 Å². The van der Waals surface area contributed by atoms with Crippen molar-refractivity contribution in [1.82, 2.24) is 0 Å². The average Bonchev–Trinajstić information content (AvgIpc) is 2.35. The quantitative estimate of drug-likeness (QED) is 0.640.